The molecule has 18 heavy (non-hydrogen) atoms. The van der Waals surface area contributed by atoms with Crippen LogP contribution in [0.1, 0.15) is 19.5 Å². The largest absolute Gasteiger partial charge is 0.319 e. The monoisotopic (exact) mass is 242 g/mol. The van der Waals surface area contributed by atoms with Crippen molar-refractivity contribution >= 4 is 10.9 Å². The SMILES string of the molecule is CNCC(C)C(C)Cc1ccc2ccccc2n1. The van der Waals surface area contributed by atoms with Crippen molar-refractivity contribution in [1.82, 2.24) is 10.3 Å². The quantitative estimate of drug-likeness (QED) is 0.870. The number of hydrogen-bond donors (Lipinski definition) is 1. The molecule has 0 aliphatic carbocycles. The molecule has 96 valence electrons. The minimum absolute atomic E-state index is 0.645. The fourth-order valence-electron chi connectivity index (χ4n) is 2.28. The molecule has 1 heterocycles. The Kier molecular flexibility index (Phi) is 4.32. The molecule has 0 amide bonds. The number of nitrogens with one attached hydrogen (secondary N) is 1. The van der Waals surface area contributed by atoms with Gasteiger partial charge in [-0.05, 0) is 44.0 Å². The average Bonchev–Trinajstić information content (AvgIpc) is 2.39. The van der Waals surface area contributed by atoms with Gasteiger partial charge in [-0.1, -0.05) is 38.1 Å². The lowest BCUT2D eigenvalue weighted by Gasteiger charge is -2.19. The first-order valence-electron chi connectivity index (χ1n) is 6.70. The van der Waals surface area contributed by atoms with Crippen molar-refractivity contribution in [3.8, 4) is 0 Å². The van der Waals surface area contributed by atoms with Crippen LogP contribution >= 0.6 is 0 Å². The minimum atomic E-state index is 0.645. The van der Waals surface area contributed by atoms with Gasteiger partial charge in [0.05, 0.1) is 5.52 Å². The second-order valence-corrected chi connectivity index (χ2v) is 5.21. The Morgan fingerprint density at radius 3 is 2.61 bits per heavy atom. The maximum absolute atomic E-state index is 4.74. The van der Waals surface area contributed by atoms with Crippen LogP contribution in [0.5, 0.6) is 0 Å². The number of pyridine rings is 1. The zero-order chi connectivity index (χ0) is 13.0. The molecular formula is C16H22N2. The lowest BCUT2D eigenvalue weighted by molar-refractivity contribution is 0.372. The molecule has 0 saturated carbocycles. The molecule has 0 saturated heterocycles. The first kappa shape index (κ1) is 13.0. The van der Waals surface area contributed by atoms with E-state index in [-0.39, 0.29) is 0 Å². The van der Waals surface area contributed by atoms with Gasteiger partial charge in [0, 0.05) is 11.1 Å². The van der Waals surface area contributed by atoms with E-state index in [0.29, 0.717) is 11.8 Å². The highest BCUT2D eigenvalue weighted by Gasteiger charge is 2.12. The molecular weight excluding hydrogens is 220 g/mol. The van der Waals surface area contributed by atoms with Gasteiger partial charge in [-0.25, -0.2) is 0 Å². The second-order valence-electron chi connectivity index (χ2n) is 5.21. The number of rotatable bonds is 5. The molecule has 2 unspecified atom stereocenters. The molecule has 1 N–H and O–H groups in total. The van der Waals surface area contributed by atoms with Crippen LogP contribution in [0.15, 0.2) is 36.4 Å². The number of nitrogens with zero attached hydrogens (tertiary/aromatic N) is 1. The van der Waals surface area contributed by atoms with Gasteiger partial charge in [-0.2, -0.15) is 0 Å². The Hall–Kier alpha value is -1.41. The molecule has 2 nitrogen and oxygen atoms in total. The van der Waals surface area contributed by atoms with Gasteiger partial charge < -0.3 is 5.32 Å². The van der Waals surface area contributed by atoms with E-state index in [0.717, 1.165) is 18.5 Å². The van der Waals surface area contributed by atoms with Gasteiger partial charge in [0.2, 0.25) is 0 Å². The number of benzene rings is 1. The molecule has 0 bridgehead atoms. The van der Waals surface area contributed by atoms with Crippen LogP contribution in [0.2, 0.25) is 0 Å². The predicted molar refractivity (Wildman–Crippen MR) is 77.7 cm³/mol. The Labute approximate surface area is 109 Å². The topological polar surface area (TPSA) is 24.9 Å². The Morgan fingerprint density at radius 1 is 1.06 bits per heavy atom. The summed E-state index contributed by atoms with van der Waals surface area (Å²) >= 11 is 0. The van der Waals surface area contributed by atoms with Gasteiger partial charge in [0.1, 0.15) is 0 Å². The molecule has 0 aliphatic heterocycles. The normalized spacial score (nSPS) is 14.6. The van der Waals surface area contributed by atoms with Crippen molar-refractivity contribution in [3.05, 3.63) is 42.1 Å². The van der Waals surface area contributed by atoms with Crippen LogP contribution in [-0.2, 0) is 6.42 Å². The minimum Gasteiger partial charge on any atom is -0.319 e. The third-order valence-electron chi connectivity index (χ3n) is 3.68. The summed E-state index contributed by atoms with van der Waals surface area (Å²) in [5, 5.41) is 4.46. The molecule has 2 rings (SSSR count). The van der Waals surface area contributed by atoms with E-state index < -0.39 is 0 Å². The highest BCUT2D eigenvalue weighted by molar-refractivity contribution is 5.78. The summed E-state index contributed by atoms with van der Waals surface area (Å²) in [6, 6.07) is 12.6. The van der Waals surface area contributed by atoms with Gasteiger partial charge in [0.25, 0.3) is 0 Å². The van der Waals surface area contributed by atoms with E-state index in [1.54, 1.807) is 0 Å². The Morgan fingerprint density at radius 2 is 1.83 bits per heavy atom. The predicted octanol–water partition coefficient (Wildman–Crippen LogP) is 3.27. The van der Waals surface area contributed by atoms with Gasteiger partial charge in [-0.3, -0.25) is 4.98 Å². The maximum atomic E-state index is 4.74. The van der Waals surface area contributed by atoms with Crippen molar-refractivity contribution < 1.29 is 0 Å². The first-order valence-corrected chi connectivity index (χ1v) is 6.70. The average molecular weight is 242 g/mol. The Bertz CT molecular complexity index is 507. The highest BCUT2D eigenvalue weighted by atomic mass is 14.8. The van der Waals surface area contributed by atoms with Crippen molar-refractivity contribution in [2.45, 2.75) is 20.3 Å². The lowest BCUT2D eigenvalue weighted by atomic mass is 9.91. The number of para-hydroxylation sites is 1. The van der Waals surface area contributed by atoms with Crippen LogP contribution in [0.3, 0.4) is 0 Å². The first-order chi connectivity index (χ1) is 8.70. The molecule has 2 atom stereocenters. The second kappa shape index (κ2) is 5.96. The lowest BCUT2D eigenvalue weighted by Crippen LogP contribution is -2.23. The fourth-order valence-corrected chi connectivity index (χ4v) is 2.28. The molecule has 2 heteroatoms. The summed E-state index contributed by atoms with van der Waals surface area (Å²) in [7, 11) is 2.01. The van der Waals surface area contributed by atoms with E-state index >= 15 is 0 Å². The zero-order valence-electron chi connectivity index (χ0n) is 11.5. The standard InChI is InChI=1S/C16H22N2/c1-12(13(2)11-17-3)10-15-9-8-14-6-4-5-7-16(14)18-15/h4-9,12-13,17H,10-11H2,1-3H3. The van der Waals surface area contributed by atoms with E-state index in [9.17, 15) is 0 Å². The summed E-state index contributed by atoms with van der Waals surface area (Å²) in [6.45, 7) is 5.66. The van der Waals surface area contributed by atoms with Crippen molar-refractivity contribution in [3.63, 3.8) is 0 Å². The van der Waals surface area contributed by atoms with Gasteiger partial charge in [0.15, 0.2) is 0 Å². The molecule has 2 aromatic rings. The van der Waals surface area contributed by atoms with E-state index in [4.69, 9.17) is 4.98 Å². The van der Waals surface area contributed by atoms with Gasteiger partial charge >= 0.3 is 0 Å². The van der Waals surface area contributed by atoms with Crippen LogP contribution < -0.4 is 5.32 Å². The zero-order valence-corrected chi connectivity index (χ0v) is 11.5. The summed E-state index contributed by atoms with van der Waals surface area (Å²) in [4.78, 5) is 4.74. The summed E-state index contributed by atoms with van der Waals surface area (Å²) in [5.41, 5.74) is 2.30. The van der Waals surface area contributed by atoms with Crippen LogP contribution in [-0.4, -0.2) is 18.6 Å². The highest BCUT2D eigenvalue weighted by Crippen LogP contribution is 2.18. The van der Waals surface area contributed by atoms with Crippen LogP contribution in [0.4, 0.5) is 0 Å². The van der Waals surface area contributed by atoms with E-state index in [1.165, 1.54) is 11.1 Å². The third-order valence-corrected chi connectivity index (χ3v) is 3.68. The number of hydrogen-bond acceptors (Lipinski definition) is 2. The molecule has 0 radical (unpaired) electrons. The number of aromatic nitrogens is 1. The Balaban J connectivity index is 2.12. The fraction of sp³-hybridized carbons (Fsp3) is 0.438. The van der Waals surface area contributed by atoms with Gasteiger partial charge in [-0.15, -0.1) is 0 Å². The van der Waals surface area contributed by atoms with Crippen LogP contribution in [0.25, 0.3) is 10.9 Å². The van der Waals surface area contributed by atoms with Crippen molar-refractivity contribution in [2.24, 2.45) is 11.8 Å². The molecule has 0 spiro atoms. The van der Waals surface area contributed by atoms with Crippen molar-refractivity contribution in [2.75, 3.05) is 13.6 Å². The van der Waals surface area contributed by atoms with Crippen molar-refractivity contribution in [1.29, 1.82) is 0 Å². The summed E-state index contributed by atoms with van der Waals surface area (Å²) < 4.78 is 0. The summed E-state index contributed by atoms with van der Waals surface area (Å²) in [5.74, 6) is 1.31. The molecule has 0 fully saturated rings. The van der Waals surface area contributed by atoms with E-state index in [2.05, 4.69) is 49.5 Å². The third kappa shape index (κ3) is 3.08. The molecule has 1 aromatic heterocycles. The molecule has 1 aromatic carbocycles. The van der Waals surface area contributed by atoms with Crippen LogP contribution in [0, 0.1) is 11.8 Å². The summed E-state index contributed by atoms with van der Waals surface area (Å²) in [6.07, 6.45) is 1.05. The van der Waals surface area contributed by atoms with E-state index in [1.807, 2.05) is 13.1 Å². The maximum Gasteiger partial charge on any atom is 0.0705 e. The smallest absolute Gasteiger partial charge is 0.0705 e. The molecule has 0 aliphatic rings. The number of fused-ring (bicyclic) bond motifs is 1.